The van der Waals surface area contributed by atoms with Crippen molar-refractivity contribution >= 4 is 22.6 Å². The molecule has 1 aromatic carbocycles. The number of rotatable bonds is 6. The smallest absolute Gasteiger partial charge is 0.341 e. The molecule has 1 aliphatic heterocycles. The highest BCUT2D eigenvalue weighted by Gasteiger charge is 2.17. The molecule has 7 heteroatoms. The second-order valence-corrected chi connectivity index (χ2v) is 6.17. The van der Waals surface area contributed by atoms with Crippen LogP contribution in [0.1, 0.15) is 22.8 Å². The summed E-state index contributed by atoms with van der Waals surface area (Å²) >= 11 is 0. The molecule has 1 aromatic heterocycles. The van der Waals surface area contributed by atoms with E-state index < -0.39 is 0 Å². The van der Waals surface area contributed by atoms with Crippen LogP contribution in [0.4, 0.5) is 5.69 Å². The quantitative estimate of drug-likeness (QED) is 0.682. The van der Waals surface area contributed by atoms with Gasteiger partial charge in [-0.1, -0.05) is 11.6 Å². The Labute approximate surface area is 160 Å². The SMILES string of the molecule is CCOC(=O)c1cnc2ccc(C)cc2c1NCCN1CCOCC1.[Cl-]. The van der Waals surface area contributed by atoms with E-state index in [1.807, 2.05) is 26.0 Å². The lowest BCUT2D eigenvalue weighted by Crippen LogP contribution is -3.00. The van der Waals surface area contributed by atoms with E-state index >= 15 is 0 Å². The average molecular weight is 379 g/mol. The predicted octanol–water partition coefficient (Wildman–Crippen LogP) is -0.532. The zero-order valence-corrected chi connectivity index (χ0v) is 16.0. The van der Waals surface area contributed by atoms with Gasteiger partial charge in [-0.25, -0.2) is 4.79 Å². The summed E-state index contributed by atoms with van der Waals surface area (Å²) < 4.78 is 10.6. The largest absolute Gasteiger partial charge is 1.00 e. The molecule has 1 fully saturated rings. The lowest BCUT2D eigenvalue weighted by molar-refractivity contribution is -0.0000249. The number of esters is 1. The highest BCUT2D eigenvalue weighted by molar-refractivity contribution is 6.05. The normalized spacial score (nSPS) is 14.7. The highest BCUT2D eigenvalue weighted by Crippen LogP contribution is 2.27. The van der Waals surface area contributed by atoms with Gasteiger partial charge in [-0.05, 0) is 26.0 Å². The molecule has 3 rings (SSSR count). The Morgan fingerprint density at radius 2 is 2.12 bits per heavy atom. The number of benzene rings is 1. The van der Waals surface area contributed by atoms with Gasteiger partial charge in [0, 0.05) is 37.8 Å². The van der Waals surface area contributed by atoms with Gasteiger partial charge in [-0.3, -0.25) is 9.88 Å². The van der Waals surface area contributed by atoms with Crippen LogP contribution in [-0.2, 0) is 9.47 Å². The minimum Gasteiger partial charge on any atom is -1.00 e. The number of aromatic nitrogens is 1. The van der Waals surface area contributed by atoms with E-state index in [4.69, 9.17) is 9.47 Å². The lowest BCUT2D eigenvalue weighted by atomic mass is 10.1. The molecule has 0 aliphatic carbocycles. The number of fused-ring (bicyclic) bond motifs is 1. The van der Waals surface area contributed by atoms with Gasteiger partial charge in [0.25, 0.3) is 0 Å². The Balaban J connectivity index is 0.00000243. The van der Waals surface area contributed by atoms with Crippen molar-refractivity contribution < 1.29 is 26.7 Å². The monoisotopic (exact) mass is 378 g/mol. The van der Waals surface area contributed by atoms with Crippen LogP contribution in [0.5, 0.6) is 0 Å². The molecule has 0 atom stereocenters. The van der Waals surface area contributed by atoms with Crippen LogP contribution in [0, 0.1) is 6.92 Å². The molecule has 1 N–H and O–H groups in total. The molecule has 1 aliphatic rings. The Bertz CT molecular complexity index is 748. The van der Waals surface area contributed by atoms with E-state index in [1.54, 1.807) is 6.20 Å². The molecule has 26 heavy (non-hydrogen) atoms. The number of aryl methyl sites for hydroxylation is 1. The Kier molecular flexibility index (Phi) is 7.63. The van der Waals surface area contributed by atoms with E-state index in [2.05, 4.69) is 21.3 Å². The second-order valence-electron chi connectivity index (χ2n) is 6.17. The first kappa shape index (κ1) is 20.4. The van der Waals surface area contributed by atoms with Gasteiger partial charge >= 0.3 is 5.97 Å². The summed E-state index contributed by atoms with van der Waals surface area (Å²) in [5, 5.41) is 4.40. The van der Waals surface area contributed by atoms with E-state index in [9.17, 15) is 4.79 Å². The zero-order chi connectivity index (χ0) is 17.6. The number of ether oxygens (including phenoxy) is 2. The van der Waals surface area contributed by atoms with Gasteiger partial charge in [0.15, 0.2) is 0 Å². The summed E-state index contributed by atoms with van der Waals surface area (Å²) in [7, 11) is 0. The molecule has 0 unspecified atom stereocenters. The maximum absolute atomic E-state index is 12.3. The molecular formula is C19H25ClN3O3-. The standard InChI is InChI=1S/C19H25N3O3.ClH/c1-3-25-19(23)16-13-21-17-5-4-14(2)12-15(17)18(16)20-6-7-22-8-10-24-11-9-22;/h4-5,12-13H,3,6-11H2,1-2H3,(H,20,21);1H/p-1. The summed E-state index contributed by atoms with van der Waals surface area (Å²) in [4.78, 5) is 19.1. The third-order valence-corrected chi connectivity index (χ3v) is 4.35. The second kappa shape index (κ2) is 9.71. The van der Waals surface area contributed by atoms with Crippen LogP contribution in [-0.4, -0.2) is 61.9 Å². The van der Waals surface area contributed by atoms with Crippen molar-refractivity contribution in [3.8, 4) is 0 Å². The first-order chi connectivity index (χ1) is 12.2. The number of nitrogens with one attached hydrogen (secondary N) is 1. The van der Waals surface area contributed by atoms with Crippen molar-refractivity contribution in [1.82, 2.24) is 9.88 Å². The Hall–Kier alpha value is -1.89. The van der Waals surface area contributed by atoms with Gasteiger partial charge in [-0.15, -0.1) is 0 Å². The van der Waals surface area contributed by atoms with Crippen LogP contribution < -0.4 is 17.7 Å². The average Bonchev–Trinajstić information content (AvgIpc) is 2.63. The van der Waals surface area contributed by atoms with Crippen LogP contribution in [0.25, 0.3) is 10.9 Å². The van der Waals surface area contributed by atoms with Crippen molar-refractivity contribution in [3.63, 3.8) is 0 Å². The van der Waals surface area contributed by atoms with Crippen molar-refractivity contribution in [2.45, 2.75) is 13.8 Å². The van der Waals surface area contributed by atoms with E-state index in [-0.39, 0.29) is 18.4 Å². The van der Waals surface area contributed by atoms with Gasteiger partial charge in [0.05, 0.1) is 31.0 Å². The Morgan fingerprint density at radius 1 is 1.35 bits per heavy atom. The molecule has 142 valence electrons. The molecule has 1 saturated heterocycles. The summed E-state index contributed by atoms with van der Waals surface area (Å²) in [6.07, 6.45) is 1.60. The lowest BCUT2D eigenvalue weighted by Gasteiger charge is -2.27. The number of halogens is 1. The third kappa shape index (κ3) is 4.84. The molecule has 0 saturated carbocycles. The first-order valence-corrected chi connectivity index (χ1v) is 8.79. The number of morpholine rings is 1. The van der Waals surface area contributed by atoms with E-state index in [0.717, 1.165) is 61.5 Å². The fourth-order valence-corrected chi connectivity index (χ4v) is 3.02. The van der Waals surface area contributed by atoms with Crippen molar-refractivity contribution in [2.24, 2.45) is 0 Å². The highest BCUT2D eigenvalue weighted by atomic mass is 35.5. The summed E-state index contributed by atoms with van der Waals surface area (Å²) in [6, 6.07) is 6.06. The molecule has 0 amide bonds. The Morgan fingerprint density at radius 3 is 2.85 bits per heavy atom. The van der Waals surface area contributed by atoms with Crippen LogP contribution in [0.15, 0.2) is 24.4 Å². The third-order valence-electron chi connectivity index (χ3n) is 4.35. The summed E-state index contributed by atoms with van der Waals surface area (Å²) in [6.45, 7) is 9.30. The first-order valence-electron chi connectivity index (χ1n) is 8.79. The van der Waals surface area contributed by atoms with Crippen LogP contribution in [0.3, 0.4) is 0 Å². The summed E-state index contributed by atoms with van der Waals surface area (Å²) in [5.74, 6) is -0.340. The number of hydrogen-bond acceptors (Lipinski definition) is 6. The van der Waals surface area contributed by atoms with Crippen LogP contribution in [0.2, 0.25) is 0 Å². The van der Waals surface area contributed by atoms with Crippen molar-refractivity contribution in [2.75, 3.05) is 51.3 Å². The number of carbonyl (C=O) groups excluding carboxylic acids is 1. The maximum atomic E-state index is 12.3. The molecule has 6 nitrogen and oxygen atoms in total. The topological polar surface area (TPSA) is 63.7 Å². The van der Waals surface area contributed by atoms with E-state index in [0.29, 0.717) is 12.2 Å². The van der Waals surface area contributed by atoms with Gasteiger partial charge < -0.3 is 27.2 Å². The van der Waals surface area contributed by atoms with Gasteiger partial charge in [0.2, 0.25) is 0 Å². The van der Waals surface area contributed by atoms with Gasteiger partial charge in [-0.2, -0.15) is 0 Å². The minimum atomic E-state index is -0.340. The zero-order valence-electron chi connectivity index (χ0n) is 15.3. The van der Waals surface area contributed by atoms with Crippen molar-refractivity contribution in [3.05, 3.63) is 35.5 Å². The fourth-order valence-electron chi connectivity index (χ4n) is 3.02. The molecule has 0 spiro atoms. The predicted molar refractivity (Wildman–Crippen MR) is 98.2 cm³/mol. The number of hydrogen-bond donors (Lipinski definition) is 1. The number of pyridine rings is 1. The number of nitrogens with zero attached hydrogens (tertiary/aromatic N) is 2. The molecule has 0 radical (unpaired) electrons. The number of anilines is 1. The molecule has 2 heterocycles. The van der Waals surface area contributed by atoms with Crippen LogP contribution >= 0.6 is 0 Å². The molecule has 0 bridgehead atoms. The van der Waals surface area contributed by atoms with E-state index in [1.165, 1.54) is 0 Å². The maximum Gasteiger partial charge on any atom is 0.341 e. The van der Waals surface area contributed by atoms with Crippen molar-refractivity contribution in [1.29, 1.82) is 0 Å². The molecule has 2 aromatic rings. The number of carbonyl (C=O) groups is 1. The fraction of sp³-hybridized carbons (Fsp3) is 0.474. The summed E-state index contributed by atoms with van der Waals surface area (Å²) in [5.41, 5.74) is 3.29. The molecular weight excluding hydrogens is 354 g/mol. The van der Waals surface area contributed by atoms with Gasteiger partial charge in [0.1, 0.15) is 5.56 Å². The minimum absolute atomic E-state index is 0.